The van der Waals surface area contributed by atoms with E-state index >= 15 is 24.0 Å². The van der Waals surface area contributed by atoms with Crippen LogP contribution in [0.15, 0.2) is 12.2 Å². The van der Waals surface area contributed by atoms with Gasteiger partial charge in [-0.25, -0.2) is 0 Å². The summed E-state index contributed by atoms with van der Waals surface area (Å²) in [6.45, 7) is 29.4. The van der Waals surface area contributed by atoms with E-state index < -0.39 is 217 Å². The molecule has 694 valence electrons. The van der Waals surface area contributed by atoms with E-state index in [2.05, 4.69) is 31.9 Å². The number of nitrogens with zero attached hydrogens (tertiary/aromatic N) is 8. The van der Waals surface area contributed by atoms with Crippen molar-refractivity contribution in [1.82, 2.24) is 71.1 Å². The van der Waals surface area contributed by atoms with E-state index in [0.29, 0.717) is 6.42 Å². The summed E-state index contributed by atoms with van der Waals surface area (Å²) in [5.74, 6) is -14.7. The molecule has 35 nitrogen and oxygen atoms in total. The number of imide groups is 1. The van der Waals surface area contributed by atoms with Gasteiger partial charge in [0.15, 0.2) is 0 Å². The highest BCUT2D eigenvalue weighted by molar-refractivity contribution is 6.02. The molecule has 0 aromatic rings. The molecule has 0 bridgehead atoms. The van der Waals surface area contributed by atoms with E-state index in [1.54, 1.807) is 60.6 Å². The Morgan fingerprint density at radius 3 is 1.48 bits per heavy atom. The van der Waals surface area contributed by atoms with Crippen molar-refractivity contribution in [2.45, 2.75) is 268 Å². The normalized spacial score (nSPS) is 26.1. The second-order valence-electron chi connectivity index (χ2n) is 36.3. The molecular formula is C87H150N14O21. The van der Waals surface area contributed by atoms with Crippen molar-refractivity contribution in [2.75, 3.05) is 115 Å². The number of nitrogens with one attached hydrogen (secondary N) is 6. The molecule has 0 radical (unpaired) electrons. The number of likely N-dealkylation sites (N-methyl/N-ethyl adjacent to an activating group) is 7. The number of allylic oxidation sites excluding steroid dienone is 2. The summed E-state index contributed by atoms with van der Waals surface area (Å²) in [6.07, 6.45) is 2.78. The smallest absolute Gasteiger partial charge is 0.247 e. The molecule has 15 amide bonds. The first-order valence-corrected chi connectivity index (χ1v) is 43.6. The minimum Gasteiger partial charge on any atom is -0.392 e. The van der Waals surface area contributed by atoms with E-state index in [0.717, 1.165) is 26.0 Å². The second-order valence-corrected chi connectivity index (χ2v) is 36.3. The fourth-order valence-electron chi connectivity index (χ4n) is 15.9. The van der Waals surface area contributed by atoms with Gasteiger partial charge in [-0.1, -0.05) is 123 Å². The molecule has 0 aromatic heterocycles. The highest BCUT2D eigenvalue weighted by atomic mass is 16.5. The highest BCUT2D eigenvalue weighted by Crippen LogP contribution is 2.36. The molecule has 16 atom stereocenters. The monoisotopic (exact) mass is 1730 g/mol. The van der Waals surface area contributed by atoms with Gasteiger partial charge in [0.05, 0.1) is 51.8 Å². The van der Waals surface area contributed by atoms with Crippen LogP contribution in [-0.4, -0.2) is 332 Å². The second kappa shape index (κ2) is 51.7. The Labute approximate surface area is 723 Å². The van der Waals surface area contributed by atoms with Gasteiger partial charge in [0.1, 0.15) is 79.4 Å². The maximum atomic E-state index is 15.5. The molecule has 3 aliphatic rings. The van der Waals surface area contributed by atoms with Gasteiger partial charge in [-0.3, -0.25) is 81.6 Å². The van der Waals surface area contributed by atoms with Crippen molar-refractivity contribution in [3.05, 3.63) is 12.2 Å². The van der Waals surface area contributed by atoms with Gasteiger partial charge in [-0.15, -0.1) is 0 Å². The average molecular weight is 1730 g/mol. The maximum Gasteiger partial charge on any atom is 0.247 e. The van der Waals surface area contributed by atoms with Crippen molar-refractivity contribution < 1.29 is 101 Å². The number of Topliss-reactive ketones (excluding diaryl/α,β-unsaturated/α-hetero) is 1. The van der Waals surface area contributed by atoms with Crippen molar-refractivity contribution in [3.63, 3.8) is 0 Å². The number of carbonyl (C=O) groups excluding carboxylic acids is 16. The summed E-state index contributed by atoms with van der Waals surface area (Å²) in [7, 11) is 9.56. The Kier molecular flexibility index (Phi) is 45.6. The third kappa shape index (κ3) is 32.5. The van der Waals surface area contributed by atoms with Gasteiger partial charge in [0.2, 0.25) is 88.6 Å². The molecule has 8 N–H and O–H groups in total. The number of ether oxygens (including phenoxy) is 3. The largest absolute Gasteiger partial charge is 0.392 e. The molecule has 0 spiro atoms. The van der Waals surface area contributed by atoms with E-state index in [-0.39, 0.29) is 139 Å². The predicted octanol–water partition coefficient (Wildman–Crippen LogP) is 2.30. The highest BCUT2D eigenvalue weighted by Gasteiger charge is 2.47. The number of likely N-dealkylation sites (tertiary alicyclic amines) is 1. The lowest BCUT2D eigenvalue weighted by molar-refractivity contribution is -0.157. The van der Waals surface area contributed by atoms with Gasteiger partial charge in [-0.2, -0.15) is 0 Å². The van der Waals surface area contributed by atoms with Crippen molar-refractivity contribution in [2.24, 2.45) is 65.1 Å². The number of hydrogen-bond donors (Lipinski definition) is 8. The standard InChI is InChI=1S/C87H150N14O21/c1-26-28-29-56(16)77(109)75-81(113)91-61(27-2)82(114)94(19)46-72(107)95(20)63(36-49(3)4)80(112)93-73(53(11)12)86(118)96(21)64(37-50(5)6)79(111)90-58(18)78(110)92-62(83(115)97(22)65(38-51(7)8)84(116)98(23)66(39-52(9)10)85(117)99(24)74(54(13)14)87(119)100(75)25)47-122-48-69(104)89-31-33-121-35-34-120-32-30-88-68(103)45-101-70(105)43-59(44-71(101)106)42-67(102)60-41-55(15)40-57(17)76(60)108/h26,28,49-67,73-75,77,102,109H,27,29-48H2,1-25H3,(H,88,103)(H,89,104)(H,90,111)(H,91,113)(H,92,110)(H,93,112)/b28-26+/t55-,56?,57-,58+,60-,61+,62?,63+,64+,65+,66+,67+,73+,74+,75?,77+/m1/s1. The zero-order valence-corrected chi connectivity index (χ0v) is 77.5. The first-order valence-electron chi connectivity index (χ1n) is 43.6. The Hall–Kier alpha value is -8.54. The lowest BCUT2D eigenvalue weighted by Crippen LogP contribution is -2.63. The third-order valence-electron chi connectivity index (χ3n) is 23.1. The average Bonchev–Trinajstić information content (AvgIpc) is 0.795. The van der Waals surface area contributed by atoms with Crippen LogP contribution in [0.4, 0.5) is 0 Å². The first kappa shape index (κ1) is 108. The summed E-state index contributed by atoms with van der Waals surface area (Å²) in [6, 6.07) is -13.9. The number of ketones is 1. The summed E-state index contributed by atoms with van der Waals surface area (Å²) >= 11 is 0. The Bertz CT molecular complexity index is 3540. The van der Waals surface area contributed by atoms with Gasteiger partial charge < -0.3 is 90.6 Å². The zero-order chi connectivity index (χ0) is 92.8. The van der Waals surface area contributed by atoms with Crippen LogP contribution in [-0.2, 0) is 90.9 Å². The van der Waals surface area contributed by atoms with E-state index in [1.807, 2.05) is 69.2 Å². The zero-order valence-electron chi connectivity index (χ0n) is 77.5. The van der Waals surface area contributed by atoms with Crippen LogP contribution >= 0.6 is 0 Å². The fraction of sp³-hybridized carbons (Fsp3) is 0.793. The number of piperidine rings is 1. The number of carbonyl (C=O) groups is 16. The molecule has 2 heterocycles. The lowest BCUT2D eigenvalue weighted by atomic mass is 9.71. The topological polar surface area (TPSA) is 439 Å². The van der Waals surface area contributed by atoms with Crippen molar-refractivity contribution >= 4 is 94.4 Å². The van der Waals surface area contributed by atoms with Crippen LogP contribution in [0.5, 0.6) is 0 Å². The van der Waals surface area contributed by atoms with Crippen molar-refractivity contribution in [1.29, 1.82) is 0 Å². The van der Waals surface area contributed by atoms with Crippen LogP contribution in [0.1, 0.15) is 195 Å². The van der Waals surface area contributed by atoms with Crippen LogP contribution in [0.2, 0.25) is 0 Å². The molecule has 2 aliphatic heterocycles. The van der Waals surface area contributed by atoms with Gasteiger partial charge in [0.25, 0.3) is 0 Å². The fourth-order valence-corrected chi connectivity index (χ4v) is 15.9. The SMILES string of the molecule is C/C=C/CC(C)[C@H](O)C1C(=O)N[C@@H](CC)C(=O)N(C)CC(=O)N(C)[C@@H](CC(C)C)C(=O)N[C@@H](C(C)C)C(=O)N(C)[C@@H](CC(C)C)C(=O)N[C@@H](C)C(=O)NC(COCC(=O)NCCOCCOCCNC(=O)CN2C(=O)CC(C[C@H](O)[C@H]3C[C@H](C)C[C@@H](C)C3=O)CC2=O)C(=O)N(C)[C@@H](CC(C)C)C(=O)N(C)[C@@H](CC(C)C)C(=O)N(C)[C@@H](C(C)C)C(=O)N1C. The number of hydrogen-bond acceptors (Lipinski definition) is 21. The molecule has 3 fully saturated rings. The van der Waals surface area contributed by atoms with E-state index in [4.69, 9.17) is 14.2 Å². The number of aliphatic hydroxyl groups excluding tert-OH is 2. The third-order valence-corrected chi connectivity index (χ3v) is 23.1. The number of rotatable bonds is 33. The summed E-state index contributed by atoms with van der Waals surface area (Å²) < 4.78 is 17.1. The Balaban J connectivity index is 2.02. The van der Waals surface area contributed by atoms with Crippen LogP contribution in [0.3, 0.4) is 0 Å². The minimum absolute atomic E-state index is 0.00147. The van der Waals surface area contributed by atoms with E-state index in [9.17, 15) is 63.0 Å². The van der Waals surface area contributed by atoms with E-state index in [1.165, 1.54) is 75.9 Å². The predicted molar refractivity (Wildman–Crippen MR) is 457 cm³/mol. The summed E-state index contributed by atoms with van der Waals surface area (Å²) in [5.41, 5.74) is 0. The molecule has 1 saturated carbocycles. The summed E-state index contributed by atoms with van der Waals surface area (Å²) in [4.78, 5) is 239. The van der Waals surface area contributed by atoms with Crippen LogP contribution in [0.25, 0.3) is 0 Å². The molecule has 2 saturated heterocycles. The quantitative estimate of drug-likeness (QED) is 0.0265. The van der Waals surface area contributed by atoms with Gasteiger partial charge >= 0.3 is 0 Å². The molecule has 1 aliphatic carbocycles. The molecule has 0 aromatic carbocycles. The van der Waals surface area contributed by atoms with Crippen molar-refractivity contribution in [3.8, 4) is 0 Å². The lowest BCUT2D eigenvalue weighted by Gasteiger charge is -2.41. The Morgan fingerprint density at radius 1 is 0.492 bits per heavy atom. The van der Waals surface area contributed by atoms with Crippen LogP contribution < -0.4 is 31.9 Å². The molecule has 3 unspecified atom stereocenters. The number of aliphatic hydroxyl groups is 2. The summed E-state index contributed by atoms with van der Waals surface area (Å²) in [5, 5.41) is 39.4. The first-order chi connectivity index (χ1) is 56.9. The molecule has 122 heavy (non-hydrogen) atoms. The maximum absolute atomic E-state index is 15.5. The van der Waals surface area contributed by atoms with Gasteiger partial charge in [0, 0.05) is 87.1 Å². The Morgan fingerprint density at radius 2 is 0.967 bits per heavy atom. The number of amides is 15. The molecule has 35 heteroatoms. The van der Waals surface area contributed by atoms with Crippen LogP contribution in [0, 0.1) is 65.1 Å². The molecule has 3 rings (SSSR count). The van der Waals surface area contributed by atoms with Gasteiger partial charge in [-0.05, 0) is 125 Å². The molecular weight excluding hydrogens is 1580 g/mol. The minimum atomic E-state index is -1.68.